The van der Waals surface area contributed by atoms with Crippen molar-refractivity contribution >= 4 is 40.2 Å². The number of amides is 1. The molecule has 0 aliphatic rings. The van der Waals surface area contributed by atoms with Crippen LogP contribution in [0, 0.1) is 6.92 Å². The summed E-state index contributed by atoms with van der Waals surface area (Å²) in [5.41, 5.74) is 1.99. The van der Waals surface area contributed by atoms with Crippen molar-refractivity contribution in [2.24, 2.45) is 0 Å². The van der Waals surface area contributed by atoms with E-state index < -0.39 is 5.25 Å². The first-order valence-electron chi connectivity index (χ1n) is 9.64. The van der Waals surface area contributed by atoms with E-state index in [1.165, 1.54) is 11.8 Å². The van der Waals surface area contributed by atoms with Crippen LogP contribution in [0.5, 0.6) is 0 Å². The van der Waals surface area contributed by atoms with Gasteiger partial charge in [-0.25, -0.2) is 4.98 Å². The molecule has 8 heteroatoms. The maximum atomic E-state index is 13.4. The second kappa shape index (κ2) is 10.1. The van der Waals surface area contributed by atoms with Crippen LogP contribution in [-0.2, 0) is 9.53 Å². The van der Waals surface area contributed by atoms with Crippen LogP contribution in [0.2, 0.25) is 5.02 Å². The predicted octanol–water partition coefficient (Wildman–Crippen LogP) is 3.98. The Balaban J connectivity index is 2.02. The van der Waals surface area contributed by atoms with Crippen molar-refractivity contribution in [1.29, 1.82) is 0 Å². The molecule has 1 heterocycles. The molecule has 0 aliphatic carbocycles. The van der Waals surface area contributed by atoms with Gasteiger partial charge in [-0.2, -0.15) is 0 Å². The van der Waals surface area contributed by atoms with E-state index in [-0.39, 0.29) is 11.5 Å². The number of carbonyl (C=O) groups is 1. The summed E-state index contributed by atoms with van der Waals surface area (Å²) in [6, 6.07) is 12.6. The summed E-state index contributed by atoms with van der Waals surface area (Å²) >= 11 is 7.36. The smallest absolute Gasteiger partial charge is 0.266 e. The molecule has 1 aromatic heterocycles. The lowest BCUT2D eigenvalue weighted by Crippen LogP contribution is -2.33. The van der Waals surface area contributed by atoms with Crippen molar-refractivity contribution in [3.63, 3.8) is 0 Å². The van der Waals surface area contributed by atoms with Crippen molar-refractivity contribution in [3.8, 4) is 5.69 Å². The van der Waals surface area contributed by atoms with Gasteiger partial charge in [0.2, 0.25) is 5.91 Å². The minimum absolute atomic E-state index is 0.118. The fourth-order valence-electron chi connectivity index (χ4n) is 3.03. The normalized spacial score (nSPS) is 12.1. The Morgan fingerprint density at radius 2 is 2.07 bits per heavy atom. The number of rotatable bonds is 8. The number of hydrogen-bond acceptors (Lipinski definition) is 5. The van der Waals surface area contributed by atoms with E-state index in [1.54, 1.807) is 36.8 Å². The molecule has 1 unspecified atom stereocenters. The molecule has 6 nitrogen and oxygen atoms in total. The number of nitrogens with zero attached hydrogens (tertiary/aromatic N) is 2. The van der Waals surface area contributed by atoms with Crippen LogP contribution in [0.15, 0.2) is 52.4 Å². The van der Waals surface area contributed by atoms with Gasteiger partial charge in [0.25, 0.3) is 5.56 Å². The number of aromatic nitrogens is 2. The number of aryl methyl sites for hydroxylation is 1. The van der Waals surface area contributed by atoms with Gasteiger partial charge < -0.3 is 10.1 Å². The number of hydrogen-bond donors (Lipinski definition) is 1. The quantitative estimate of drug-likeness (QED) is 0.322. The highest BCUT2D eigenvalue weighted by atomic mass is 35.5. The number of nitrogens with one attached hydrogen (secondary N) is 1. The van der Waals surface area contributed by atoms with Crippen LogP contribution in [0.4, 0.5) is 0 Å². The third kappa shape index (κ3) is 5.03. The molecule has 0 radical (unpaired) electrons. The average Bonchev–Trinajstić information content (AvgIpc) is 2.72. The van der Waals surface area contributed by atoms with Crippen molar-refractivity contribution in [2.45, 2.75) is 30.7 Å². The van der Waals surface area contributed by atoms with Gasteiger partial charge in [0, 0.05) is 25.3 Å². The third-order valence-corrected chi connectivity index (χ3v) is 5.92. The minimum Gasteiger partial charge on any atom is -0.385 e. The number of methoxy groups -OCH3 is 1. The SMILES string of the molecule is COCCCNC(=O)C(C)Sc1nc2cc(Cl)ccc2c(=O)n1-c1ccccc1C. The Morgan fingerprint density at radius 3 is 2.80 bits per heavy atom. The molecule has 1 N–H and O–H groups in total. The second-order valence-electron chi connectivity index (χ2n) is 6.88. The molecule has 3 aromatic rings. The summed E-state index contributed by atoms with van der Waals surface area (Å²) in [6.45, 7) is 4.85. The summed E-state index contributed by atoms with van der Waals surface area (Å²) in [7, 11) is 1.63. The van der Waals surface area contributed by atoms with Crippen LogP contribution in [0.3, 0.4) is 0 Å². The van der Waals surface area contributed by atoms with Crippen molar-refractivity contribution in [3.05, 3.63) is 63.4 Å². The first kappa shape index (κ1) is 22.3. The summed E-state index contributed by atoms with van der Waals surface area (Å²) in [6.07, 6.45) is 0.736. The van der Waals surface area contributed by atoms with Crippen LogP contribution in [0.25, 0.3) is 16.6 Å². The molecule has 3 rings (SSSR count). The van der Waals surface area contributed by atoms with Crippen molar-refractivity contribution in [2.75, 3.05) is 20.3 Å². The average molecular weight is 446 g/mol. The van der Waals surface area contributed by atoms with Crippen molar-refractivity contribution in [1.82, 2.24) is 14.9 Å². The number of thioether (sulfide) groups is 1. The number of halogens is 1. The summed E-state index contributed by atoms with van der Waals surface area (Å²) in [5.74, 6) is -0.118. The Labute approximate surface area is 184 Å². The molecule has 0 spiro atoms. The van der Waals surface area contributed by atoms with Gasteiger partial charge in [0.15, 0.2) is 5.16 Å². The van der Waals surface area contributed by atoms with E-state index in [0.29, 0.717) is 34.2 Å². The van der Waals surface area contributed by atoms with Gasteiger partial charge in [-0.05, 0) is 50.1 Å². The second-order valence-corrected chi connectivity index (χ2v) is 8.62. The fraction of sp³-hybridized carbons (Fsp3) is 0.318. The fourth-order valence-corrected chi connectivity index (χ4v) is 4.14. The zero-order chi connectivity index (χ0) is 21.7. The molecule has 2 aromatic carbocycles. The monoisotopic (exact) mass is 445 g/mol. The zero-order valence-electron chi connectivity index (χ0n) is 17.1. The molecule has 158 valence electrons. The Kier molecular flexibility index (Phi) is 7.53. The molecule has 30 heavy (non-hydrogen) atoms. The van der Waals surface area contributed by atoms with Gasteiger partial charge in [0.1, 0.15) is 0 Å². The lowest BCUT2D eigenvalue weighted by molar-refractivity contribution is -0.120. The van der Waals surface area contributed by atoms with E-state index >= 15 is 0 Å². The number of benzene rings is 2. The van der Waals surface area contributed by atoms with E-state index in [4.69, 9.17) is 16.3 Å². The van der Waals surface area contributed by atoms with Gasteiger partial charge in [-0.15, -0.1) is 0 Å². The molecular formula is C22H24ClN3O3S. The van der Waals surface area contributed by atoms with Crippen molar-refractivity contribution < 1.29 is 9.53 Å². The van der Waals surface area contributed by atoms with Gasteiger partial charge >= 0.3 is 0 Å². The molecule has 0 saturated heterocycles. The van der Waals surface area contributed by atoms with E-state index in [2.05, 4.69) is 10.3 Å². The zero-order valence-corrected chi connectivity index (χ0v) is 18.7. The molecule has 0 fully saturated rings. The van der Waals surface area contributed by atoms with Crippen LogP contribution in [0.1, 0.15) is 18.9 Å². The Morgan fingerprint density at radius 1 is 1.30 bits per heavy atom. The van der Waals surface area contributed by atoms with E-state index in [0.717, 1.165) is 17.7 Å². The number of fused-ring (bicyclic) bond motifs is 1. The number of para-hydroxylation sites is 1. The largest absolute Gasteiger partial charge is 0.385 e. The van der Waals surface area contributed by atoms with Gasteiger partial charge in [0.05, 0.1) is 21.8 Å². The summed E-state index contributed by atoms with van der Waals surface area (Å²) in [4.78, 5) is 30.6. The molecular weight excluding hydrogens is 422 g/mol. The van der Waals surface area contributed by atoms with Gasteiger partial charge in [-0.1, -0.05) is 41.6 Å². The lowest BCUT2D eigenvalue weighted by atomic mass is 10.2. The van der Waals surface area contributed by atoms with E-state index in [9.17, 15) is 9.59 Å². The molecule has 1 atom stereocenters. The Hall–Kier alpha value is -2.35. The maximum absolute atomic E-state index is 13.4. The number of carbonyl (C=O) groups excluding carboxylic acids is 1. The first-order chi connectivity index (χ1) is 14.4. The topological polar surface area (TPSA) is 73.2 Å². The van der Waals surface area contributed by atoms with Gasteiger partial charge in [-0.3, -0.25) is 14.2 Å². The highest BCUT2D eigenvalue weighted by molar-refractivity contribution is 8.00. The third-order valence-electron chi connectivity index (χ3n) is 4.63. The lowest BCUT2D eigenvalue weighted by Gasteiger charge is -2.17. The predicted molar refractivity (Wildman–Crippen MR) is 122 cm³/mol. The highest BCUT2D eigenvalue weighted by Crippen LogP contribution is 2.27. The molecule has 1 amide bonds. The molecule has 0 aliphatic heterocycles. The first-order valence-corrected chi connectivity index (χ1v) is 10.9. The molecule has 0 saturated carbocycles. The molecule has 0 bridgehead atoms. The highest BCUT2D eigenvalue weighted by Gasteiger charge is 2.21. The van der Waals surface area contributed by atoms with E-state index in [1.807, 2.05) is 31.2 Å². The minimum atomic E-state index is -0.439. The Bertz CT molecular complexity index is 1120. The summed E-state index contributed by atoms with van der Waals surface area (Å²) in [5, 5.41) is 3.88. The van der Waals surface area contributed by atoms with Crippen LogP contribution < -0.4 is 10.9 Å². The van der Waals surface area contributed by atoms with Crippen LogP contribution >= 0.6 is 23.4 Å². The summed E-state index contributed by atoms with van der Waals surface area (Å²) < 4.78 is 6.58. The number of ether oxygens (including phenoxy) is 1. The standard InChI is InChI=1S/C22H24ClN3O3S/c1-14-7-4-5-8-19(14)26-21(28)17-10-9-16(23)13-18(17)25-22(26)30-15(2)20(27)24-11-6-12-29-3/h4-5,7-10,13,15H,6,11-12H2,1-3H3,(H,24,27). The van der Waals surface area contributed by atoms with Crippen LogP contribution in [-0.4, -0.2) is 41.0 Å². The maximum Gasteiger partial charge on any atom is 0.266 e.